The molecule has 4 nitrogen and oxygen atoms in total. The summed E-state index contributed by atoms with van der Waals surface area (Å²) in [7, 11) is 3.77. The van der Waals surface area contributed by atoms with Gasteiger partial charge in [0.15, 0.2) is 0 Å². The molecule has 0 aliphatic carbocycles. The molecule has 2 N–H and O–H groups in total. The summed E-state index contributed by atoms with van der Waals surface area (Å²) in [4.78, 5) is 6.29. The predicted octanol–water partition coefficient (Wildman–Crippen LogP) is 0.877. The number of rotatable bonds is 7. The Balaban J connectivity index is 2.27. The highest BCUT2D eigenvalue weighted by Gasteiger charge is 2.07. The van der Waals surface area contributed by atoms with Crippen molar-refractivity contribution >= 4 is 0 Å². The third-order valence-corrected chi connectivity index (χ3v) is 2.41. The molecular formula is C12H21N3O. The largest absolute Gasteiger partial charge is 0.385 e. The van der Waals surface area contributed by atoms with Crippen LogP contribution < -0.4 is 5.73 Å². The lowest BCUT2D eigenvalue weighted by Gasteiger charge is -2.20. The van der Waals surface area contributed by atoms with E-state index in [2.05, 4.69) is 23.0 Å². The first-order valence-corrected chi connectivity index (χ1v) is 5.54. The average molecular weight is 223 g/mol. The van der Waals surface area contributed by atoms with Gasteiger partial charge in [0.1, 0.15) is 0 Å². The highest BCUT2D eigenvalue weighted by atomic mass is 16.5. The normalized spacial score (nSPS) is 13.0. The monoisotopic (exact) mass is 223 g/mol. The van der Waals surface area contributed by atoms with Gasteiger partial charge in [0.25, 0.3) is 0 Å². The van der Waals surface area contributed by atoms with Crippen molar-refractivity contribution in [2.24, 2.45) is 5.73 Å². The number of pyridine rings is 1. The van der Waals surface area contributed by atoms with Crippen molar-refractivity contribution in [3.05, 3.63) is 30.1 Å². The lowest BCUT2D eigenvalue weighted by molar-refractivity contribution is 0.179. The van der Waals surface area contributed by atoms with Crippen LogP contribution in [0.3, 0.4) is 0 Å². The van der Waals surface area contributed by atoms with Gasteiger partial charge in [-0.25, -0.2) is 0 Å². The van der Waals surface area contributed by atoms with E-state index in [1.165, 1.54) is 5.56 Å². The van der Waals surface area contributed by atoms with Crippen LogP contribution in [-0.2, 0) is 11.3 Å². The lowest BCUT2D eigenvalue weighted by Crippen LogP contribution is -2.35. The summed E-state index contributed by atoms with van der Waals surface area (Å²) < 4.78 is 5.00. The van der Waals surface area contributed by atoms with Crippen LogP contribution in [0.1, 0.15) is 12.0 Å². The maximum absolute atomic E-state index is 5.98. The van der Waals surface area contributed by atoms with Crippen LogP contribution in [0.15, 0.2) is 24.5 Å². The molecule has 0 radical (unpaired) electrons. The standard InChI is InChI=1S/C12H21N3O/c1-15(10-12(13)5-7-16-2)9-11-4-3-6-14-8-11/h3-4,6,8,12H,5,7,9-10,13H2,1-2H3. The molecule has 0 saturated heterocycles. The zero-order valence-corrected chi connectivity index (χ0v) is 10.1. The SMILES string of the molecule is COCCC(N)CN(C)Cc1cccnc1. The minimum Gasteiger partial charge on any atom is -0.385 e. The molecule has 0 fully saturated rings. The number of likely N-dealkylation sites (N-methyl/N-ethyl adjacent to an activating group) is 1. The zero-order valence-electron chi connectivity index (χ0n) is 10.1. The topological polar surface area (TPSA) is 51.4 Å². The van der Waals surface area contributed by atoms with Crippen molar-refractivity contribution in [3.8, 4) is 0 Å². The first-order chi connectivity index (χ1) is 7.72. The van der Waals surface area contributed by atoms with Gasteiger partial charge in [0, 0.05) is 45.2 Å². The van der Waals surface area contributed by atoms with Gasteiger partial charge in [-0.3, -0.25) is 4.98 Å². The predicted molar refractivity (Wildman–Crippen MR) is 65.0 cm³/mol. The summed E-state index contributed by atoms with van der Waals surface area (Å²) in [6.45, 7) is 2.48. The van der Waals surface area contributed by atoms with Crippen LogP contribution in [0, 0.1) is 0 Å². The molecule has 90 valence electrons. The molecule has 0 bridgehead atoms. The molecule has 0 aliphatic rings. The molecule has 4 heteroatoms. The maximum atomic E-state index is 5.98. The van der Waals surface area contributed by atoms with Gasteiger partial charge in [-0.2, -0.15) is 0 Å². The number of hydrogen-bond acceptors (Lipinski definition) is 4. The maximum Gasteiger partial charge on any atom is 0.0477 e. The molecule has 1 heterocycles. The van der Waals surface area contributed by atoms with Crippen LogP contribution in [0.5, 0.6) is 0 Å². The van der Waals surface area contributed by atoms with E-state index in [0.717, 1.165) is 26.1 Å². The Bertz CT molecular complexity index is 279. The number of nitrogens with two attached hydrogens (primary N) is 1. The van der Waals surface area contributed by atoms with E-state index in [4.69, 9.17) is 10.5 Å². The Hall–Kier alpha value is -0.970. The van der Waals surface area contributed by atoms with Crippen LogP contribution >= 0.6 is 0 Å². The Morgan fingerprint density at radius 3 is 3.00 bits per heavy atom. The van der Waals surface area contributed by atoms with Gasteiger partial charge in [0.05, 0.1) is 0 Å². The zero-order chi connectivity index (χ0) is 11.8. The number of ether oxygens (including phenoxy) is 1. The Labute approximate surface area is 97.4 Å². The molecule has 0 saturated carbocycles. The fourth-order valence-corrected chi connectivity index (χ4v) is 1.63. The second-order valence-electron chi connectivity index (χ2n) is 4.10. The van der Waals surface area contributed by atoms with Crippen LogP contribution in [0.2, 0.25) is 0 Å². The van der Waals surface area contributed by atoms with Gasteiger partial charge in [-0.15, -0.1) is 0 Å². The fourth-order valence-electron chi connectivity index (χ4n) is 1.63. The Morgan fingerprint density at radius 2 is 2.38 bits per heavy atom. The minimum atomic E-state index is 0.168. The summed E-state index contributed by atoms with van der Waals surface area (Å²) >= 11 is 0. The molecule has 1 aromatic heterocycles. The number of methoxy groups -OCH3 is 1. The summed E-state index contributed by atoms with van der Waals surface area (Å²) in [6, 6.07) is 4.19. The van der Waals surface area contributed by atoms with Crippen molar-refractivity contribution in [2.75, 3.05) is 27.3 Å². The van der Waals surface area contributed by atoms with E-state index in [0.29, 0.717) is 0 Å². The van der Waals surface area contributed by atoms with E-state index >= 15 is 0 Å². The van der Waals surface area contributed by atoms with Crippen molar-refractivity contribution in [3.63, 3.8) is 0 Å². The Kier molecular flexibility index (Phi) is 6.00. The Morgan fingerprint density at radius 1 is 1.56 bits per heavy atom. The first-order valence-electron chi connectivity index (χ1n) is 5.54. The van der Waals surface area contributed by atoms with Crippen molar-refractivity contribution in [1.29, 1.82) is 0 Å². The van der Waals surface area contributed by atoms with E-state index in [1.807, 2.05) is 12.3 Å². The second kappa shape index (κ2) is 7.33. The molecule has 0 spiro atoms. The molecule has 1 atom stereocenters. The molecule has 1 unspecified atom stereocenters. The van der Waals surface area contributed by atoms with E-state index in [1.54, 1.807) is 13.3 Å². The van der Waals surface area contributed by atoms with E-state index in [-0.39, 0.29) is 6.04 Å². The molecule has 1 aromatic rings. The van der Waals surface area contributed by atoms with Gasteiger partial charge >= 0.3 is 0 Å². The van der Waals surface area contributed by atoms with Gasteiger partial charge in [-0.05, 0) is 25.1 Å². The van der Waals surface area contributed by atoms with Crippen LogP contribution in [-0.4, -0.2) is 43.2 Å². The number of nitrogens with zero attached hydrogens (tertiary/aromatic N) is 2. The minimum absolute atomic E-state index is 0.168. The third-order valence-electron chi connectivity index (χ3n) is 2.41. The van der Waals surface area contributed by atoms with Crippen LogP contribution in [0.4, 0.5) is 0 Å². The molecular weight excluding hydrogens is 202 g/mol. The number of aromatic nitrogens is 1. The van der Waals surface area contributed by atoms with Crippen LogP contribution in [0.25, 0.3) is 0 Å². The molecule has 1 rings (SSSR count). The summed E-state index contributed by atoms with van der Waals surface area (Å²) in [5.41, 5.74) is 7.19. The first kappa shape index (κ1) is 13.1. The molecule has 0 aliphatic heterocycles. The van der Waals surface area contributed by atoms with Gasteiger partial charge < -0.3 is 15.4 Å². The summed E-state index contributed by atoms with van der Waals surface area (Å²) in [5, 5.41) is 0. The fraction of sp³-hybridized carbons (Fsp3) is 0.583. The highest BCUT2D eigenvalue weighted by molar-refractivity contribution is 5.07. The smallest absolute Gasteiger partial charge is 0.0477 e. The summed E-state index contributed by atoms with van der Waals surface area (Å²) in [5.74, 6) is 0. The second-order valence-corrected chi connectivity index (χ2v) is 4.10. The lowest BCUT2D eigenvalue weighted by atomic mass is 10.2. The summed E-state index contributed by atoms with van der Waals surface area (Å²) in [6.07, 6.45) is 4.57. The van der Waals surface area contributed by atoms with E-state index in [9.17, 15) is 0 Å². The quantitative estimate of drug-likeness (QED) is 0.745. The third kappa shape index (κ3) is 5.21. The molecule has 16 heavy (non-hydrogen) atoms. The van der Waals surface area contributed by atoms with Crippen molar-refractivity contribution in [1.82, 2.24) is 9.88 Å². The van der Waals surface area contributed by atoms with E-state index < -0.39 is 0 Å². The van der Waals surface area contributed by atoms with Crippen molar-refractivity contribution < 1.29 is 4.74 Å². The number of hydrogen-bond donors (Lipinski definition) is 1. The molecule has 0 aromatic carbocycles. The highest BCUT2D eigenvalue weighted by Crippen LogP contribution is 2.01. The molecule has 0 amide bonds. The van der Waals surface area contributed by atoms with Crippen molar-refractivity contribution in [2.45, 2.75) is 19.0 Å². The van der Waals surface area contributed by atoms with Gasteiger partial charge in [-0.1, -0.05) is 6.07 Å². The average Bonchev–Trinajstić information content (AvgIpc) is 2.27. The van der Waals surface area contributed by atoms with Gasteiger partial charge in [0.2, 0.25) is 0 Å².